The van der Waals surface area contributed by atoms with Gasteiger partial charge in [-0.1, -0.05) is 28.1 Å². The van der Waals surface area contributed by atoms with Gasteiger partial charge >= 0.3 is 11.6 Å². The van der Waals surface area contributed by atoms with Gasteiger partial charge in [-0.2, -0.15) is 0 Å². The number of nitrogens with zero attached hydrogens (tertiary/aromatic N) is 1. The normalized spacial score (nSPS) is 19.0. The van der Waals surface area contributed by atoms with E-state index in [-0.39, 0.29) is 35.0 Å². The number of ether oxygens (including phenoxy) is 2. The van der Waals surface area contributed by atoms with Gasteiger partial charge in [0.2, 0.25) is 11.8 Å². The molecule has 3 heterocycles. The molecule has 2 N–H and O–H groups in total. The number of amides is 1. The Balaban J connectivity index is 2.00. The van der Waals surface area contributed by atoms with Crippen LogP contribution in [0.25, 0.3) is 11.0 Å². The van der Waals surface area contributed by atoms with Crippen LogP contribution in [0.5, 0.6) is 5.75 Å². The molecular weight excluding hydrogens is 492 g/mol. The van der Waals surface area contributed by atoms with E-state index in [0.717, 1.165) is 0 Å². The number of esters is 1. The second-order valence-electron chi connectivity index (χ2n) is 7.61. The molecule has 3 aromatic rings. The van der Waals surface area contributed by atoms with Gasteiger partial charge in [0.05, 0.1) is 12.0 Å². The molecule has 33 heavy (non-hydrogen) atoms. The van der Waals surface area contributed by atoms with Crippen molar-refractivity contribution in [2.45, 2.75) is 19.3 Å². The molecule has 0 saturated heterocycles. The number of hydrogen-bond donors (Lipinski definition) is 1. The summed E-state index contributed by atoms with van der Waals surface area (Å²) in [6.45, 7) is 3.80. The van der Waals surface area contributed by atoms with Gasteiger partial charge in [-0.25, -0.2) is 9.59 Å². The first-order valence-electron chi connectivity index (χ1n) is 10.4. The first-order valence-corrected chi connectivity index (χ1v) is 11.2. The highest BCUT2D eigenvalue weighted by atomic mass is 79.9. The van der Waals surface area contributed by atoms with Gasteiger partial charge in [0.15, 0.2) is 5.75 Å². The van der Waals surface area contributed by atoms with Gasteiger partial charge in [-0.05, 0) is 44.2 Å². The van der Waals surface area contributed by atoms with Gasteiger partial charge < -0.3 is 24.5 Å². The maximum atomic E-state index is 14.2. The molecule has 0 bridgehead atoms. The Kier molecular flexibility index (Phi) is 4.82. The number of rotatable bonds is 3. The Morgan fingerprint density at radius 2 is 1.94 bits per heavy atom. The van der Waals surface area contributed by atoms with E-state index >= 15 is 0 Å². The van der Waals surface area contributed by atoms with Crippen LogP contribution in [0.15, 0.2) is 67.6 Å². The largest absolute Gasteiger partial charge is 0.462 e. The van der Waals surface area contributed by atoms with E-state index in [0.29, 0.717) is 27.7 Å². The van der Waals surface area contributed by atoms with Crippen molar-refractivity contribution in [1.82, 2.24) is 0 Å². The van der Waals surface area contributed by atoms with Crippen LogP contribution in [0.1, 0.15) is 25.0 Å². The van der Waals surface area contributed by atoms with Crippen molar-refractivity contribution < 1.29 is 23.5 Å². The van der Waals surface area contributed by atoms with Crippen molar-refractivity contribution in [3.8, 4) is 5.75 Å². The minimum Gasteiger partial charge on any atom is -0.462 e. The standard InChI is InChI=1S/C24H19BrN2O6/c1-3-27-15-10-9-12(25)11-14(15)24(23(27)30)17-19(33-20(26)18(24)21(28)31-4-2)13-7-5-6-8-16(13)32-22(17)29/h5-11H,3-4,26H2,1-2H3. The van der Waals surface area contributed by atoms with Crippen molar-refractivity contribution >= 4 is 44.5 Å². The van der Waals surface area contributed by atoms with Crippen molar-refractivity contribution in [2.75, 3.05) is 18.1 Å². The summed E-state index contributed by atoms with van der Waals surface area (Å²) in [4.78, 5) is 42.4. The summed E-state index contributed by atoms with van der Waals surface area (Å²) in [6.07, 6.45) is 0. The van der Waals surface area contributed by atoms with E-state index in [2.05, 4.69) is 15.9 Å². The van der Waals surface area contributed by atoms with Crippen molar-refractivity contribution in [2.24, 2.45) is 5.73 Å². The zero-order valence-corrected chi connectivity index (χ0v) is 19.4. The molecule has 0 aliphatic carbocycles. The average molecular weight is 511 g/mol. The SMILES string of the molecule is CCOC(=O)C1=C(N)Oc2c(c(=O)oc3ccccc23)C12C(=O)N(CC)c1ccc(Br)cc12. The zero-order chi connectivity index (χ0) is 23.5. The maximum absolute atomic E-state index is 14.2. The molecule has 0 saturated carbocycles. The monoisotopic (exact) mass is 510 g/mol. The van der Waals surface area contributed by atoms with Crippen molar-refractivity contribution in [3.63, 3.8) is 0 Å². The number of carbonyl (C=O) groups is 2. The zero-order valence-electron chi connectivity index (χ0n) is 17.8. The first-order chi connectivity index (χ1) is 15.9. The minimum atomic E-state index is -1.89. The fraction of sp³-hybridized carbons (Fsp3) is 0.208. The molecule has 168 valence electrons. The van der Waals surface area contributed by atoms with Crippen LogP contribution in [0, 0.1) is 0 Å². The first kappa shape index (κ1) is 21.3. The Bertz CT molecular complexity index is 1440. The van der Waals surface area contributed by atoms with Gasteiger partial charge in [0, 0.05) is 22.3 Å². The smallest absolute Gasteiger partial charge is 0.345 e. The molecule has 9 heteroatoms. The van der Waals surface area contributed by atoms with Crippen LogP contribution in [-0.2, 0) is 19.7 Å². The Morgan fingerprint density at radius 3 is 2.67 bits per heavy atom. The van der Waals surface area contributed by atoms with Gasteiger partial charge in [0.25, 0.3) is 0 Å². The summed E-state index contributed by atoms with van der Waals surface area (Å²) in [7, 11) is 0. The maximum Gasteiger partial charge on any atom is 0.345 e. The van der Waals surface area contributed by atoms with E-state index < -0.39 is 22.9 Å². The number of likely N-dealkylation sites (N-methyl/N-ethyl adjacent to an activating group) is 1. The molecule has 1 spiro atoms. The third-order valence-electron chi connectivity index (χ3n) is 5.99. The van der Waals surface area contributed by atoms with Crippen LogP contribution in [-0.4, -0.2) is 25.0 Å². The number of para-hydroxylation sites is 1. The van der Waals surface area contributed by atoms with Crippen LogP contribution in [0.4, 0.5) is 5.69 Å². The number of halogens is 1. The van der Waals surface area contributed by atoms with E-state index in [1.54, 1.807) is 49.4 Å². The molecule has 1 amide bonds. The third kappa shape index (κ3) is 2.72. The molecular formula is C24H19BrN2O6. The van der Waals surface area contributed by atoms with E-state index in [9.17, 15) is 14.4 Å². The molecule has 5 rings (SSSR count). The minimum absolute atomic E-state index is 0.0436. The van der Waals surface area contributed by atoms with Gasteiger partial charge in [0.1, 0.15) is 22.1 Å². The fourth-order valence-electron chi connectivity index (χ4n) is 4.75. The summed E-state index contributed by atoms with van der Waals surface area (Å²) < 4.78 is 17.4. The van der Waals surface area contributed by atoms with Crippen molar-refractivity contribution in [3.05, 3.63) is 79.9 Å². The summed E-state index contributed by atoms with van der Waals surface area (Å²) in [5.41, 5.74) is 4.54. The highest BCUT2D eigenvalue weighted by Crippen LogP contribution is 2.56. The molecule has 2 aliphatic heterocycles. The highest BCUT2D eigenvalue weighted by Gasteiger charge is 2.63. The van der Waals surface area contributed by atoms with Crippen LogP contribution in [0.2, 0.25) is 0 Å². The second kappa shape index (κ2) is 7.48. The molecule has 2 aromatic carbocycles. The van der Waals surface area contributed by atoms with E-state index in [1.165, 1.54) is 4.90 Å². The van der Waals surface area contributed by atoms with E-state index in [1.807, 2.05) is 6.92 Å². The quantitative estimate of drug-likeness (QED) is 0.424. The number of benzene rings is 2. The van der Waals surface area contributed by atoms with Crippen molar-refractivity contribution in [1.29, 1.82) is 0 Å². The molecule has 0 radical (unpaired) electrons. The summed E-state index contributed by atoms with van der Waals surface area (Å²) in [5, 5.41) is 0.455. The lowest BCUT2D eigenvalue weighted by Gasteiger charge is -2.35. The molecule has 1 unspecified atom stereocenters. The second-order valence-corrected chi connectivity index (χ2v) is 8.53. The Morgan fingerprint density at radius 1 is 1.18 bits per heavy atom. The summed E-state index contributed by atoms with van der Waals surface area (Å²) in [5.74, 6) is -1.56. The molecule has 8 nitrogen and oxygen atoms in total. The average Bonchev–Trinajstić information content (AvgIpc) is 3.01. The Hall–Kier alpha value is -3.59. The predicted octanol–water partition coefficient (Wildman–Crippen LogP) is 3.33. The number of carbonyl (C=O) groups excluding carboxylic acids is 2. The van der Waals surface area contributed by atoms with Crippen LogP contribution < -0.4 is 21.0 Å². The number of anilines is 1. The van der Waals surface area contributed by atoms with Crippen LogP contribution >= 0.6 is 15.9 Å². The van der Waals surface area contributed by atoms with Crippen LogP contribution in [0.3, 0.4) is 0 Å². The van der Waals surface area contributed by atoms with Gasteiger partial charge in [-0.3, -0.25) is 4.79 Å². The summed E-state index contributed by atoms with van der Waals surface area (Å²) >= 11 is 3.45. The number of nitrogens with two attached hydrogens (primary N) is 1. The predicted molar refractivity (Wildman–Crippen MR) is 124 cm³/mol. The lowest BCUT2D eigenvalue weighted by atomic mass is 9.68. The number of hydrogen-bond acceptors (Lipinski definition) is 7. The Labute approximate surface area is 196 Å². The fourth-order valence-corrected chi connectivity index (χ4v) is 5.11. The molecule has 0 fully saturated rings. The lowest BCUT2D eigenvalue weighted by molar-refractivity contribution is -0.140. The third-order valence-corrected chi connectivity index (χ3v) is 6.48. The molecule has 1 atom stereocenters. The molecule has 2 aliphatic rings. The van der Waals surface area contributed by atoms with E-state index in [4.69, 9.17) is 19.6 Å². The molecule has 1 aromatic heterocycles. The lowest BCUT2D eigenvalue weighted by Crippen LogP contribution is -2.50. The number of fused-ring (bicyclic) bond motifs is 6. The topological polar surface area (TPSA) is 112 Å². The van der Waals surface area contributed by atoms with Gasteiger partial charge in [-0.15, -0.1) is 0 Å². The highest BCUT2D eigenvalue weighted by molar-refractivity contribution is 9.10. The summed E-state index contributed by atoms with van der Waals surface area (Å²) in [6, 6.07) is 12.0.